The molecule has 0 radical (unpaired) electrons. The van der Waals surface area contributed by atoms with Crippen LogP contribution in [0.25, 0.3) is 0 Å². The van der Waals surface area contributed by atoms with Gasteiger partial charge in [-0.15, -0.1) is 0 Å². The molecule has 2 saturated heterocycles. The van der Waals surface area contributed by atoms with Crippen LogP contribution in [0.5, 0.6) is 5.75 Å². The lowest BCUT2D eigenvalue weighted by molar-refractivity contribution is -0.137. The van der Waals surface area contributed by atoms with E-state index in [9.17, 15) is 36.6 Å². The number of urea groups is 1. The first-order valence-corrected chi connectivity index (χ1v) is 14.3. The molecule has 2 aromatic rings. The van der Waals surface area contributed by atoms with Crippen LogP contribution in [0.15, 0.2) is 24.4 Å². The maximum atomic E-state index is 15.3. The Morgan fingerprint density at radius 3 is 2.27 bits per heavy atom. The van der Waals surface area contributed by atoms with Crippen molar-refractivity contribution >= 4 is 23.4 Å². The van der Waals surface area contributed by atoms with Crippen molar-refractivity contribution in [2.24, 2.45) is 5.92 Å². The summed E-state index contributed by atoms with van der Waals surface area (Å²) >= 11 is 0. The van der Waals surface area contributed by atoms with E-state index >= 15 is 8.78 Å². The van der Waals surface area contributed by atoms with Crippen LogP contribution in [-0.4, -0.2) is 72.9 Å². The fourth-order valence-electron chi connectivity index (χ4n) is 6.39. The summed E-state index contributed by atoms with van der Waals surface area (Å²) in [5.74, 6) is -6.72. The van der Waals surface area contributed by atoms with Crippen LogP contribution in [-0.2, 0) is 11.0 Å². The summed E-state index contributed by atoms with van der Waals surface area (Å²) in [5.41, 5.74) is -3.52. The normalized spacial score (nSPS) is 24.9. The van der Waals surface area contributed by atoms with Crippen LogP contribution in [0.2, 0.25) is 0 Å². The van der Waals surface area contributed by atoms with Crippen LogP contribution in [0, 0.1) is 17.6 Å². The third kappa shape index (κ3) is 6.60. The number of rotatable bonds is 7. The molecule has 2 aliphatic heterocycles. The number of carbonyl (C=O) groups is 2. The van der Waals surface area contributed by atoms with E-state index < -0.39 is 89.2 Å². The Morgan fingerprint density at radius 1 is 1.11 bits per heavy atom. The number of halogens is 7. The number of nitrogens with one attached hydrogen (secondary N) is 2. The van der Waals surface area contributed by atoms with E-state index in [2.05, 4.69) is 15.6 Å². The van der Waals surface area contributed by atoms with Crippen molar-refractivity contribution in [1.82, 2.24) is 15.6 Å². The first kappa shape index (κ1) is 32.6. The number of amides is 3. The summed E-state index contributed by atoms with van der Waals surface area (Å²) in [7, 11) is 1.17. The van der Waals surface area contributed by atoms with Gasteiger partial charge in [0.2, 0.25) is 6.43 Å². The highest BCUT2D eigenvalue weighted by Crippen LogP contribution is 2.46. The van der Waals surface area contributed by atoms with Gasteiger partial charge in [-0.2, -0.15) is 13.2 Å². The molecule has 3 heterocycles. The standard InChI is InChI=1S/C29H32F7N5O4/c1-28(44)12-40(13-28)20-7-8-37-25(22(20)29(34,35)36)41-11-17(21-18(30)9-16(45-2)10-19(21)31)23(26(41)42)39-27(43)38-15-5-3-14(4-6-15)24(32)33/h7-10,14-15,17,23-24,44H,3-6,11-13H2,1-2H3,(H2,38,39,43)/t14-,15-,17-,23-/m0/s1. The average molecular weight is 648 g/mol. The highest BCUT2D eigenvalue weighted by Gasteiger charge is 2.50. The second-order valence-electron chi connectivity index (χ2n) is 12.0. The second kappa shape index (κ2) is 12.2. The second-order valence-corrected chi connectivity index (χ2v) is 12.0. The van der Waals surface area contributed by atoms with Crippen molar-refractivity contribution in [3.63, 3.8) is 0 Å². The van der Waals surface area contributed by atoms with Crippen LogP contribution in [0.3, 0.4) is 0 Å². The van der Waals surface area contributed by atoms with Gasteiger partial charge < -0.3 is 25.4 Å². The summed E-state index contributed by atoms with van der Waals surface area (Å²) in [5, 5.41) is 15.1. The molecule has 246 valence electrons. The van der Waals surface area contributed by atoms with Gasteiger partial charge in [0.25, 0.3) is 5.91 Å². The molecule has 1 aromatic carbocycles. The zero-order valence-electron chi connectivity index (χ0n) is 24.3. The first-order valence-electron chi connectivity index (χ1n) is 14.3. The maximum Gasteiger partial charge on any atom is 0.421 e. The number of hydrogen-bond donors (Lipinski definition) is 3. The number of methoxy groups -OCH3 is 1. The van der Waals surface area contributed by atoms with E-state index in [0.717, 1.165) is 24.4 Å². The lowest BCUT2D eigenvalue weighted by atomic mass is 9.86. The third-order valence-corrected chi connectivity index (χ3v) is 8.57. The van der Waals surface area contributed by atoms with Gasteiger partial charge in [-0.25, -0.2) is 27.3 Å². The van der Waals surface area contributed by atoms with E-state index in [0.29, 0.717) is 4.90 Å². The number of anilines is 2. The number of nitrogens with zero attached hydrogens (tertiary/aromatic N) is 3. The number of pyridine rings is 1. The molecule has 0 bridgehead atoms. The molecule has 16 heteroatoms. The Kier molecular flexibility index (Phi) is 8.81. The molecule has 5 rings (SSSR count). The minimum absolute atomic E-state index is 0.123. The molecular formula is C29H32F7N5O4. The van der Waals surface area contributed by atoms with Crippen molar-refractivity contribution in [2.75, 3.05) is 36.5 Å². The number of alkyl halides is 5. The highest BCUT2D eigenvalue weighted by atomic mass is 19.4. The Labute approximate surface area is 253 Å². The van der Waals surface area contributed by atoms with E-state index in [4.69, 9.17) is 4.74 Å². The first-order chi connectivity index (χ1) is 21.1. The molecule has 1 saturated carbocycles. The molecule has 9 nitrogen and oxygen atoms in total. The SMILES string of the molecule is COc1cc(F)c([C@@H]2CN(c3nccc(N4CC(C)(O)C4)c3C(F)(F)F)C(=O)[C@H]2NC(=O)N[C@H]2CC[C@H](C(F)F)CC2)c(F)c1. The van der Waals surface area contributed by atoms with Gasteiger partial charge in [-0.1, -0.05) is 0 Å². The number of benzene rings is 1. The van der Waals surface area contributed by atoms with Crippen molar-refractivity contribution in [2.45, 2.75) is 68.8 Å². The fourth-order valence-corrected chi connectivity index (χ4v) is 6.39. The average Bonchev–Trinajstić information content (AvgIpc) is 3.25. The Hall–Kier alpha value is -3.82. The molecule has 3 amide bonds. The molecule has 3 fully saturated rings. The quantitative estimate of drug-likeness (QED) is 0.380. The van der Waals surface area contributed by atoms with Gasteiger partial charge in [-0.3, -0.25) is 9.69 Å². The van der Waals surface area contributed by atoms with Gasteiger partial charge in [0.05, 0.1) is 18.4 Å². The number of aromatic nitrogens is 1. The van der Waals surface area contributed by atoms with E-state index in [1.54, 1.807) is 0 Å². The minimum Gasteiger partial charge on any atom is -0.497 e. The van der Waals surface area contributed by atoms with E-state index in [-0.39, 0.29) is 50.2 Å². The molecular weight excluding hydrogens is 615 g/mol. The van der Waals surface area contributed by atoms with Gasteiger partial charge in [0.1, 0.15) is 34.8 Å². The molecule has 45 heavy (non-hydrogen) atoms. The predicted molar refractivity (Wildman–Crippen MR) is 147 cm³/mol. The van der Waals surface area contributed by atoms with E-state index in [1.807, 2.05) is 0 Å². The van der Waals surface area contributed by atoms with Gasteiger partial charge in [-0.05, 0) is 38.7 Å². The summed E-state index contributed by atoms with van der Waals surface area (Å²) in [6, 6.07) is -0.412. The van der Waals surface area contributed by atoms with Crippen molar-refractivity contribution in [3.8, 4) is 5.75 Å². The fraction of sp³-hybridized carbons (Fsp3) is 0.552. The van der Waals surface area contributed by atoms with Crippen LogP contribution >= 0.6 is 0 Å². The monoisotopic (exact) mass is 647 g/mol. The maximum absolute atomic E-state index is 15.3. The van der Waals surface area contributed by atoms with E-state index in [1.165, 1.54) is 18.9 Å². The van der Waals surface area contributed by atoms with Crippen molar-refractivity contribution in [1.29, 1.82) is 0 Å². The van der Waals surface area contributed by atoms with Crippen LogP contribution < -0.4 is 25.2 Å². The molecule has 2 atom stereocenters. The number of carbonyl (C=O) groups excluding carboxylic acids is 2. The topological polar surface area (TPSA) is 107 Å². The van der Waals surface area contributed by atoms with Crippen molar-refractivity contribution < 1.29 is 50.2 Å². The van der Waals surface area contributed by atoms with Crippen molar-refractivity contribution in [3.05, 3.63) is 47.2 Å². The van der Waals surface area contributed by atoms with Crippen LogP contribution in [0.1, 0.15) is 49.7 Å². The molecule has 3 aliphatic rings. The van der Waals surface area contributed by atoms with Gasteiger partial charge >= 0.3 is 12.2 Å². The van der Waals surface area contributed by atoms with Gasteiger partial charge in [0.15, 0.2) is 0 Å². The van der Waals surface area contributed by atoms with Gasteiger partial charge in [0, 0.05) is 61.4 Å². The molecule has 1 aliphatic carbocycles. The predicted octanol–water partition coefficient (Wildman–Crippen LogP) is 4.58. The molecule has 3 N–H and O–H groups in total. The summed E-state index contributed by atoms with van der Waals surface area (Å²) in [6.45, 7) is 0.530. The number of hydrogen-bond acceptors (Lipinski definition) is 6. The molecule has 1 aromatic heterocycles. The third-order valence-electron chi connectivity index (χ3n) is 8.57. The smallest absolute Gasteiger partial charge is 0.421 e. The number of β-amino-alcohol motifs (C(OH)–C–C–N with tert-alkyl or cyclic N) is 1. The largest absolute Gasteiger partial charge is 0.497 e. The zero-order valence-corrected chi connectivity index (χ0v) is 24.3. The summed E-state index contributed by atoms with van der Waals surface area (Å²) in [6.07, 6.45) is -5.73. The minimum atomic E-state index is -5.03. The Balaban J connectivity index is 1.48. The van der Waals surface area contributed by atoms with Crippen LogP contribution in [0.4, 0.5) is 47.0 Å². The lowest BCUT2D eigenvalue weighted by Gasteiger charge is -2.46. The highest BCUT2D eigenvalue weighted by molar-refractivity contribution is 6.03. The number of ether oxygens (including phenoxy) is 1. The summed E-state index contributed by atoms with van der Waals surface area (Å²) in [4.78, 5) is 32.6. The molecule has 0 spiro atoms. The number of aliphatic hydroxyl groups is 1. The zero-order chi connectivity index (χ0) is 32.8. The molecule has 0 unspecified atom stereocenters. The summed E-state index contributed by atoms with van der Waals surface area (Å²) < 4.78 is 105. The lowest BCUT2D eigenvalue weighted by Crippen LogP contribution is -2.60. The Morgan fingerprint density at radius 2 is 1.73 bits per heavy atom. The Bertz CT molecular complexity index is 1420.